The lowest BCUT2D eigenvalue weighted by molar-refractivity contribution is 0.321. The number of aryl methyl sites for hydroxylation is 1. The third-order valence-electron chi connectivity index (χ3n) is 4.62. The van der Waals surface area contributed by atoms with Crippen molar-refractivity contribution in [2.75, 3.05) is 27.9 Å². The first-order valence-electron chi connectivity index (χ1n) is 9.26. The average Bonchev–Trinajstić information content (AvgIpc) is 2.68. The van der Waals surface area contributed by atoms with E-state index in [-0.39, 0.29) is 28.7 Å². The van der Waals surface area contributed by atoms with Gasteiger partial charge < -0.3 is 4.74 Å². The molecule has 158 valence electrons. The van der Waals surface area contributed by atoms with Gasteiger partial charge in [0.25, 0.3) is 10.0 Å². The zero-order valence-corrected chi connectivity index (χ0v) is 17.8. The van der Waals surface area contributed by atoms with Gasteiger partial charge >= 0.3 is 0 Å². The first-order chi connectivity index (χ1) is 13.7. The number of ether oxygens (including phenoxy) is 1. The molecule has 1 aliphatic heterocycles. The van der Waals surface area contributed by atoms with Gasteiger partial charge in [0.1, 0.15) is 0 Å². The van der Waals surface area contributed by atoms with Crippen LogP contribution in [0.4, 0.5) is 15.8 Å². The molecule has 1 heterocycles. The molecular formula is C19H23FN2O5S2. The molecule has 10 heteroatoms. The molecule has 0 amide bonds. The van der Waals surface area contributed by atoms with E-state index >= 15 is 0 Å². The van der Waals surface area contributed by atoms with Crippen molar-refractivity contribution in [2.24, 2.45) is 0 Å². The topological polar surface area (TPSA) is 92.8 Å². The molecule has 0 radical (unpaired) electrons. The van der Waals surface area contributed by atoms with Crippen molar-refractivity contribution in [3.05, 3.63) is 47.8 Å². The number of sulfonamides is 2. The number of anilines is 2. The molecule has 0 bridgehead atoms. The van der Waals surface area contributed by atoms with Gasteiger partial charge in [0.05, 0.1) is 22.9 Å². The molecule has 0 atom stereocenters. The van der Waals surface area contributed by atoms with Gasteiger partial charge in [-0.1, -0.05) is 0 Å². The van der Waals surface area contributed by atoms with E-state index in [2.05, 4.69) is 4.72 Å². The molecule has 0 unspecified atom stereocenters. The maximum Gasteiger partial charge on any atom is 0.262 e. The van der Waals surface area contributed by atoms with Gasteiger partial charge in [0.2, 0.25) is 10.0 Å². The molecule has 0 spiro atoms. The third kappa shape index (κ3) is 4.48. The molecule has 1 aliphatic rings. The molecule has 0 saturated carbocycles. The first-order valence-corrected chi connectivity index (χ1v) is 12.4. The average molecular weight is 443 g/mol. The SMILES string of the molecule is CCOc1ccc(S(=O)(=O)Nc2ccc3c(c2)CCCN3S(=O)(=O)CC)cc1F. The number of nitrogens with zero attached hydrogens (tertiary/aromatic N) is 1. The van der Waals surface area contributed by atoms with Gasteiger partial charge in [-0.2, -0.15) is 0 Å². The normalized spacial score (nSPS) is 14.4. The van der Waals surface area contributed by atoms with Gasteiger partial charge in [-0.3, -0.25) is 9.03 Å². The second-order valence-electron chi connectivity index (χ2n) is 6.55. The predicted octanol–water partition coefficient (Wildman–Crippen LogP) is 3.13. The summed E-state index contributed by atoms with van der Waals surface area (Å²) in [5.41, 5.74) is 1.59. The summed E-state index contributed by atoms with van der Waals surface area (Å²) in [5, 5.41) is 0. The number of nitrogens with one attached hydrogen (secondary N) is 1. The summed E-state index contributed by atoms with van der Waals surface area (Å²) in [7, 11) is -7.42. The molecule has 29 heavy (non-hydrogen) atoms. The van der Waals surface area contributed by atoms with Crippen molar-refractivity contribution < 1.29 is 26.0 Å². The number of hydrogen-bond donors (Lipinski definition) is 1. The van der Waals surface area contributed by atoms with Gasteiger partial charge in [-0.25, -0.2) is 21.2 Å². The fourth-order valence-electron chi connectivity index (χ4n) is 3.21. The molecule has 2 aromatic rings. The number of fused-ring (bicyclic) bond motifs is 1. The molecular weight excluding hydrogens is 419 g/mol. The Balaban J connectivity index is 1.88. The number of benzene rings is 2. The van der Waals surface area contributed by atoms with E-state index in [0.29, 0.717) is 25.1 Å². The summed E-state index contributed by atoms with van der Waals surface area (Å²) in [5.74, 6) is -0.789. The minimum Gasteiger partial charge on any atom is -0.491 e. The smallest absolute Gasteiger partial charge is 0.262 e. The minimum absolute atomic E-state index is 0.00980. The minimum atomic E-state index is -4.02. The lowest BCUT2D eigenvalue weighted by Gasteiger charge is -2.30. The third-order valence-corrected chi connectivity index (χ3v) is 7.78. The lowest BCUT2D eigenvalue weighted by Crippen LogP contribution is -2.36. The number of rotatable bonds is 7. The summed E-state index contributed by atoms with van der Waals surface area (Å²) < 4.78 is 72.8. The summed E-state index contributed by atoms with van der Waals surface area (Å²) in [6.07, 6.45) is 1.28. The summed E-state index contributed by atoms with van der Waals surface area (Å²) >= 11 is 0. The zero-order valence-electron chi connectivity index (χ0n) is 16.2. The largest absolute Gasteiger partial charge is 0.491 e. The monoisotopic (exact) mass is 442 g/mol. The van der Waals surface area contributed by atoms with Crippen molar-refractivity contribution in [3.63, 3.8) is 0 Å². The summed E-state index contributed by atoms with van der Waals surface area (Å²) in [6, 6.07) is 8.16. The Morgan fingerprint density at radius 2 is 1.86 bits per heavy atom. The van der Waals surface area contributed by atoms with Crippen LogP contribution in [0, 0.1) is 5.82 Å². The van der Waals surface area contributed by atoms with Crippen LogP contribution < -0.4 is 13.8 Å². The van der Waals surface area contributed by atoms with E-state index in [1.54, 1.807) is 26.0 Å². The van der Waals surface area contributed by atoms with Crippen molar-refractivity contribution in [1.82, 2.24) is 0 Å². The van der Waals surface area contributed by atoms with Crippen molar-refractivity contribution in [3.8, 4) is 5.75 Å². The van der Waals surface area contributed by atoms with E-state index in [1.165, 1.54) is 22.5 Å². The van der Waals surface area contributed by atoms with Crippen LogP contribution in [0.3, 0.4) is 0 Å². The molecule has 7 nitrogen and oxygen atoms in total. The first kappa shape index (κ1) is 21.4. The van der Waals surface area contributed by atoms with Gasteiger partial charge in [0, 0.05) is 12.2 Å². The van der Waals surface area contributed by atoms with E-state index in [9.17, 15) is 21.2 Å². The second kappa shape index (κ2) is 8.19. The molecule has 0 fully saturated rings. The Hall–Kier alpha value is -2.33. The van der Waals surface area contributed by atoms with Crippen LogP contribution >= 0.6 is 0 Å². The van der Waals surface area contributed by atoms with Crippen LogP contribution in [0.5, 0.6) is 5.75 Å². The quantitative estimate of drug-likeness (QED) is 0.711. The molecule has 1 N–H and O–H groups in total. The second-order valence-corrected chi connectivity index (χ2v) is 10.4. The van der Waals surface area contributed by atoms with Crippen LogP contribution in [0.1, 0.15) is 25.8 Å². The Kier molecular flexibility index (Phi) is 6.04. The molecule has 2 aromatic carbocycles. The predicted molar refractivity (Wildman–Crippen MR) is 110 cm³/mol. The zero-order chi connectivity index (χ0) is 21.2. The standard InChI is InChI=1S/C19H23FN2O5S2/c1-3-27-19-10-8-16(13-17(19)20)29(25,26)21-15-7-9-18-14(12-15)6-5-11-22(18)28(23,24)4-2/h7-10,12-13,21H,3-6,11H2,1-2H3. The Morgan fingerprint density at radius 3 is 2.52 bits per heavy atom. The molecule has 0 aromatic heterocycles. The van der Waals surface area contributed by atoms with Gasteiger partial charge in [0.15, 0.2) is 11.6 Å². The van der Waals surface area contributed by atoms with Crippen molar-refractivity contribution in [2.45, 2.75) is 31.6 Å². The highest BCUT2D eigenvalue weighted by atomic mass is 32.2. The van der Waals surface area contributed by atoms with E-state index in [0.717, 1.165) is 11.6 Å². The van der Waals surface area contributed by atoms with E-state index in [4.69, 9.17) is 4.74 Å². The number of hydrogen-bond acceptors (Lipinski definition) is 5. The van der Waals surface area contributed by atoms with Crippen LogP contribution in [0.15, 0.2) is 41.3 Å². The Morgan fingerprint density at radius 1 is 1.10 bits per heavy atom. The van der Waals surface area contributed by atoms with Crippen molar-refractivity contribution >= 4 is 31.4 Å². The molecule has 3 rings (SSSR count). The van der Waals surface area contributed by atoms with Gasteiger partial charge in [-0.05, 0) is 68.7 Å². The summed E-state index contributed by atoms with van der Waals surface area (Å²) in [4.78, 5) is -0.230. The molecule has 0 aliphatic carbocycles. The lowest BCUT2D eigenvalue weighted by atomic mass is 10.0. The van der Waals surface area contributed by atoms with Crippen LogP contribution in [0.2, 0.25) is 0 Å². The van der Waals surface area contributed by atoms with Crippen LogP contribution in [-0.2, 0) is 26.5 Å². The highest BCUT2D eigenvalue weighted by Gasteiger charge is 2.26. The summed E-state index contributed by atoms with van der Waals surface area (Å²) in [6.45, 7) is 3.96. The van der Waals surface area contributed by atoms with Crippen molar-refractivity contribution in [1.29, 1.82) is 0 Å². The van der Waals surface area contributed by atoms with E-state index < -0.39 is 25.9 Å². The fourth-order valence-corrected chi connectivity index (χ4v) is 5.46. The van der Waals surface area contributed by atoms with Crippen LogP contribution in [0.25, 0.3) is 0 Å². The number of halogens is 1. The maximum absolute atomic E-state index is 14.0. The molecule has 0 saturated heterocycles. The Labute approximate surface area is 170 Å². The fraction of sp³-hybridized carbons (Fsp3) is 0.368. The highest BCUT2D eigenvalue weighted by Crippen LogP contribution is 2.32. The van der Waals surface area contributed by atoms with Crippen LogP contribution in [-0.4, -0.2) is 35.7 Å². The Bertz CT molecular complexity index is 1120. The maximum atomic E-state index is 14.0. The highest BCUT2D eigenvalue weighted by molar-refractivity contribution is 7.93. The van der Waals surface area contributed by atoms with Gasteiger partial charge in [-0.15, -0.1) is 0 Å². The van der Waals surface area contributed by atoms with E-state index in [1.807, 2.05) is 0 Å².